The molecule has 0 spiro atoms. The summed E-state index contributed by atoms with van der Waals surface area (Å²) < 4.78 is 60.9. The Balaban J connectivity index is 0.000000233. The molecule has 562 valence electrons. The van der Waals surface area contributed by atoms with Crippen molar-refractivity contribution in [3.05, 3.63) is 237 Å². The van der Waals surface area contributed by atoms with Crippen molar-refractivity contribution in [2.45, 2.75) is 155 Å². The molecule has 1 amide bonds. The highest BCUT2D eigenvalue weighted by Gasteiger charge is 2.47. The molecule has 4 heterocycles. The number of unbranched alkanes of at least 4 members (excludes halogenated alkanes) is 3. The number of hydrogen-bond acceptors (Lipinski definition) is 23. The molecule has 0 radical (unpaired) electrons. The minimum absolute atomic E-state index is 0.0150. The van der Waals surface area contributed by atoms with Crippen molar-refractivity contribution in [1.82, 2.24) is 5.32 Å². The molecule has 6 aromatic carbocycles. The summed E-state index contributed by atoms with van der Waals surface area (Å²) in [5.74, 6) is -0.736. The highest BCUT2D eigenvalue weighted by atomic mass is 32.2. The second-order valence-electron chi connectivity index (χ2n) is 24.2. The fourth-order valence-electron chi connectivity index (χ4n) is 10.3. The van der Waals surface area contributed by atoms with Gasteiger partial charge in [-0.1, -0.05) is 182 Å². The summed E-state index contributed by atoms with van der Waals surface area (Å²) >= 11 is 3.98. The molecule has 4 aliphatic heterocycles. The second kappa shape index (κ2) is 43.1. The molecule has 2 unspecified atom stereocenters. The first kappa shape index (κ1) is 86.2. The summed E-state index contributed by atoms with van der Waals surface area (Å²) in [5, 5.41) is 32.0. The fourth-order valence-corrected chi connectivity index (χ4v) is 11.2. The maximum Gasteiger partial charge on any atom is 0.345 e. The zero-order valence-electron chi connectivity index (χ0n) is 59.7. The lowest BCUT2D eigenvalue weighted by molar-refractivity contribution is -0.327. The molecule has 10 rings (SSSR count). The number of Topliss-reactive ketones (excluding diaryl/α,β-unsaturated/α-hetero) is 4. The number of rotatable bonds is 25. The molecule has 0 aromatic heterocycles. The molecule has 0 saturated carbocycles. The number of allylic oxidation sites excluding steroid dienone is 4. The normalized spacial score (nSPS) is 17.5. The molecular formula is C80H87NO23S2. The number of benzene rings is 6. The van der Waals surface area contributed by atoms with Crippen molar-refractivity contribution < 1.29 is 109 Å². The van der Waals surface area contributed by atoms with Crippen LogP contribution in [0, 0.1) is 5.92 Å². The van der Waals surface area contributed by atoms with Gasteiger partial charge in [-0.05, 0) is 87.9 Å². The van der Waals surface area contributed by atoms with Gasteiger partial charge in [-0.15, -0.1) is 0 Å². The van der Waals surface area contributed by atoms with Gasteiger partial charge >= 0.3 is 23.9 Å². The fraction of sp³-hybridized carbons (Fsp3) is 0.312. The van der Waals surface area contributed by atoms with Crippen LogP contribution in [-0.4, -0.2) is 137 Å². The van der Waals surface area contributed by atoms with Gasteiger partial charge in [0.1, 0.15) is 46.8 Å². The number of ether oxygens (including phenoxy) is 6. The van der Waals surface area contributed by atoms with Crippen LogP contribution >= 0.6 is 12.6 Å². The Morgan fingerprint density at radius 2 is 1.04 bits per heavy atom. The summed E-state index contributed by atoms with van der Waals surface area (Å²) in [7, 11) is -4.45. The quantitative estimate of drug-likeness (QED) is 0.00774. The first-order valence-corrected chi connectivity index (χ1v) is 36.1. The van der Waals surface area contributed by atoms with Gasteiger partial charge in [0, 0.05) is 64.0 Å². The van der Waals surface area contributed by atoms with E-state index in [1.165, 1.54) is 25.1 Å². The molecule has 5 N–H and O–H groups in total. The Morgan fingerprint density at radius 1 is 0.585 bits per heavy atom. The van der Waals surface area contributed by atoms with E-state index in [0.717, 1.165) is 55.7 Å². The zero-order chi connectivity index (χ0) is 78.2. The van der Waals surface area contributed by atoms with Gasteiger partial charge in [0.25, 0.3) is 22.5 Å². The number of ketones is 4. The van der Waals surface area contributed by atoms with Crippen LogP contribution < -0.4 is 5.32 Å². The van der Waals surface area contributed by atoms with Crippen LogP contribution in [0.1, 0.15) is 223 Å². The van der Waals surface area contributed by atoms with E-state index in [-0.39, 0.29) is 76.2 Å². The molecule has 1 fully saturated rings. The smallest absolute Gasteiger partial charge is 0.345 e. The number of aliphatic hydroxyl groups is 3. The summed E-state index contributed by atoms with van der Waals surface area (Å²) in [5.41, 5.74) is 5.20. The van der Waals surface area contributed by atoms with Crippen molar-refractivity contribution in [3.63, 3.8) is 0 Å². The number of hydrogen-bond donors (Lipinski definition) is 6. The number of thiol groups is 1. The number of aldehydes is 1. The lowest BCUT2D eigenvalue weighted by atomic mass is 9.98. The number of aliphatic hydroxyl groups excluding tert-OH is 3. The van der Waals surface area contributed by atoms with Gasteiger partial charge in [0.05, 0.1) is 33.9 Å². The van der Waals surface area contributed by atoms with E-state index < -0.39 is 69.8 Å². The van der Waals surface area contributed by atoms with Crippen LogP contribution in [0.4, 0.5) is 0 Å². The highest BCUT2D eigenvalue weighted by molar-refractivity contribution is 7.86. The minimum Gasteiger partial charge on any atom is -0.435 e. The lowest BCUT2D eigenvalue weighted by Gasteiger charge is -2.38. The Bertz CT molecular complexity index is 4330. The lowest BCUT2D eigenvalue weighted by Crippen LogP contribution is -2.59. The SMILES string of the molecule is C/C=C/C=C1\OC(=O)c2c1cccc2S(=O)(=O)O.C=C1OC(=O)c2ccccc21.CC(C)C/C=C1\OC(=O)c2ccccc21.CCCCC(=O)c1ccccc1C(=O)N[C@H](C=O)CS.CCCCC(=O)c1ccccc1C(=O)O[C@@H]1OC(OC=O)[C@@H](O)[C@H](O)C1O.CCCCC(=O)c1ccccc1C(C)=O. The largest absolute Gasteiger partial charge is 0.435 e. The number of amides is 1. The molecule has 26 heteroatoms. The topological polar surface area (TPSA) is 370 Å². The first-order chi connectivity index (χ1) is 50.6. The molecule has 4 aliphatic rings. The standard InChI is InChI=1S/C18H22O9.C15H19NO3S.C13H14O2.C13H16O2.C12H10O5S.C9H6O2/c1-2-3-8-12(20)10-6-4-5-7-11(10)16(24)26-18-15(23)13(21)14(22)17(27-18)25-9-19;1-2-3-8-14(18)12-6-4-5-7-13(12)15(19)16-11(9-17)10-20;1-9(2)7-8-12-10-5-3-4-6-11(10)13(14)15-12;1-3-4-9-13(15)12-8-6-5-7-11(12)10(2)14;1-2-3-6-9-8-5-4-7-10(18(14,15)16)11(8)12(13)17-9;1-6-7-4-2-3-5-8(7)9(10)11-6/h4-7,9,13-15,17-18,21-23H,2-3,8H2,1H3;4-7,9,11,20H,2-3,8,10H2,1H3,(H,16,19);3-6,8-9H,7H2,1-2H3;5-8H,3-4,9H2,1-2H3;2-7H,1H3,(H,14,15,16);2-5H,1H2/b;;12-8-;;3-2+,9-6-;/t13-,14-,15?,17?,18+;11-;;;;/m01..../s1. The third kappa shape index (κ3) is 24.6. The van der Waals surface area contributed by atoms with Crippen LogP contribution in [0.25, 0.3) is 17.3 Å². The van der Waals surface area contributed by atoms with Gasteiger partial charge in [-0.25, -0.2) is 19.2 Å². The highest BCUT2D eigenvalue weighted by Crippen LogP contribution is 2.35. The summed E-state index contributed by atoms with van der Waals surface area (Å²) in [6.07, 6.45) is 6.20. The van der Waals surface area contributed by atoms with E-state index in [1.54, 1.807) is 110 Å². The Morgan fingerprint density at radius 3 is 1.53 bits per heavy atom. The van der Waals surface area contributed by atoms with Crippen LogP contribution in [0.5, 0.6) is 0 Å². The molecular weight excluding hydrogens is 1410 g/mol. The van der Waals surface area contributed by atoms with Gasteiger partial charge < -0.3 is 49.1 Å². The third-order valence-electron chi connectivity index (χ3n) is 15.9. The number of nitrogens with one attached hydrogen (secondary N) is 1. The first-order valence-electron chi connectivity index (χ1n) is 34.0. The van der Waals surface area contributed by atoms with E-state index in [4.69, 9.17) is 28.2 Å². The average Bonchev–Trinajstić information content (AvgIpc) is 1.58. The Labute approximate surface area is 620 Å². The van der Waals surface area contributed by atoms with E-state index in [0.29, 0.717) is 81.9 Å². The zero-order valence-corrected chi connectivity index (χ0v) is 61.4. The van der Waals surface area contributed by atoms with E-state index in [1.807, 2.05) is 57.2 Å². The molecule has 0 aliphatic carbocycles. The number of carbonyl (C=O) groups is 11. The summed E-state index contributed by atoms with van der Waals surface area (Å²) in [6, 6.07) is 37.9. The number of carbonyl (C=O) groups excluding carboxylic acids is 11. The van der Waals surface area contributed by atoms with Crippen LogP contribution in [0.15, 0.2) is 175 Å². The predicted molar refractivity (Wildman–Crippen MR) is 396 cm³/mol. The Hall–Kier alpha value is -10.4. The van der Waals surface area contributed by atoms with Gasteiger partial charge in [-0.2, -0.15) is 21.0 Å². The monoisotopic (exact) mass is 1490 g/mol. The number of cyclic esters (lactones) is 3. The van der Waals surface area contributed by atoms with Crippen LogP contribution in [0.3, 0.4) is 0 Å². The molecule has 1 saturated heterocycles. The van der Waals surface area contributed by atoms with Crippen LogP contribution in [-0.2, 0) is 48.1 Å². The molecule has 24 nitrogen and oxygen atoms in total. The number of fused-ring (bicyclic) bond motifs is 3. The summed E-state index contributed by atoms with van der Waals surface area (Å²) in [6.45, 7) is 17.1. The van der Waals surface area contributed by atoms with Crippen molar-refractivity contribution in [1.29, 1.82) is 0 Å². The summed E-state index contributed by atoms with van der Waals surface area (Å²) in [4.78, 5) is 127. The van der Waals surface area contributed by atoms with Crippen molar-refractivity contribution >= 4 is 106 Å². The van der Waals surface area contributed by atoms with Crippen molar-refractivity contribution in [3.8, 4) is 0 Å². The van der Waals surface area contributed by atoms with E-state index in [2.05, 4.69) is 43.1 Å². The maximum atomic E-state index is 12.5. The van der Waals surface area contributed by atoms with Crippen LogP contribution in [0.2, 0.25) is 0 Å². The van der Waals surface area contributed by atoms with Gasteiger partial charge in [0.2, 0.25) is 12.6 Å². The van der Waals surface area contributed by atoms with E-state index >= 15 is 0 Å². The van der Waals surface area contributed by atoms with Gasteiger partial charge in [0.15, 0.2) is 23.1 Å². The Kier molecular flexibility index (Phi) is 35.1. The van der Waals surface area contributed by atoms with E-state index in [9.17, 15) is 76.5 Å². The van der Waals surface area contributed by atoms with Crippen molar-refractivity contribution in [2.24, 2.45) is 5.92 Å². The predicted octanol–water partition coefficient (Wildman–Crippen LogP) is 12.8. The molecule has 6 atom stereocenters. The minimum atomic E-state index is -4.45. The molecule has 6 aromatic rings. The van der Waals surface area contributed by atoms with Crippen molar-refractivity contribution in [2.75, 3.05) is 5.75 Å². The second-order valence-corrected chi connectivity index (χ2v) is 26.0. The molecule has 0 bridgehead atoms. The van der Waals surface area contributed by atoms with Gasteiger partial charge in [-0.3, -0.25) is 38.1 Å². The maximum absolute atomic E-state index is 12.5. The average molecular weight is 1490 g/mol. The molecule has 106 heavy (non-hydrogen) atoms. The number of esters is 4. The third-order valence-corrected chi connectivity index (χ3v) is 17.2.